The molecule has 0 N–H and O–H groups in total. The van der Waals surface area contributed by atoms with Gasteiger partial charge in [-0.15, -0.1) is 0 Å². The second-order valence-electron chi connectivity index (χ2n) is 6.92. The van der Waals surface area contributed by atoms with Gasteiger partial charge < -0.3 is 9.80 Å². The first kappa shape index (κ1) is 16.3. The molecule has 0 unspecified atom stereocenters. The molecule has 0 aromatic carbocycles. The molecule has 8 heteroatoms. The van der Waals surface area contributed by atoms with Gasteiger partial charge in [0, 0.05) is 58.1 Å². The maximum absolute atomic E-state index is 4.85. The SMILES string of the molecule is Cc1cc(N2CCCC2)nc(N2CCN(Cc3ncnn3C)CC2)n1. The van der Waals surface area contributed by atoms with E-state index in [1.165, 1.54) is 12.8 Å². The molecule has 0 atom stereocenters. The zero-order valence-electron chi connectivity index (χ0n) is 15.1. The average molecular weight is 342 g/mol. The van der Waals surface area contributed by atoms with Crippen molar-refractivity contribution in [1.29, 1.82) is 0 Å². The lowest BCUT2D eigenvalue weighted by molar-refractivity contribution is 0.239. The van der Waals surface area contributed by atoms with Gasteiger partial charge in [-0.2, -0.15) is 10.1 Å². The van der Waals surface area contributed by atoms with E-state index < -0.39 is 0 Å². The average Bonchev–Trinajstić information content (AvgIpc) is 3.28. The molecular weight excluding hydrogens is 316 g/mol. The van der Waals surface area contributed by atoms with E-state index in [-0.39, 0.29) is 0 Å². The van der Waals surface area contributed by atoms with E-state index in [1.54, 1.807) is 6.33 Å². The summed E-state index contributed by atoms with van der Waals surface area (Å²) in [5, 5.41) is 4.15. The number of nitrogens with zero attached hydrogens (tertiary/aromatic N) is 8. The van der Waals surface area contributed by atoms with Crippen molar-refractivity contribution >= 4 is 11.8 Å². The Bertz CT molecular complexity index is 713. The molecule has 25 heavy (non-hydrogen) atoms. The Morgan fingerprint density at radius 1 is 0.960 bits per heavy atom. The minimum absolute atomic E-state index is 0.845. The lowest BCUT2D eigenvalue weighted by Gasteiger charge is -2.34. The van der Waals surface area contributed by atoms with Crippen LogP contribution < -0.4 is 9.80 Å². The van der Waals surface area contributed by atoms with Crippen LogP contribution in [0.4, 0.5) is 11.8 Å². The first-order chi connectivity index (χ1) is 12.2. The van der Waals surface area contributed by atoms with E-state index in [2.05, 4.69) is 42.8 Å². The van der Waals surface area contributed by atoms with E-state index in [1.807, 2.05) is 11.7 Å². The largest absolute Gasteiger partial charge is 0.356 e. The second kappa shape index (κ2) is 6.95. The standard InChI is InChI=1S/C17H26N8/c1-14-11-15(24-5-3-4-6-24)21-17(20-14)25-9-7-23(8-10-25)12-16-18-13-19-22(16)2/h11,13H,3-10,12H2,1-2H3. The van der Waals surface area contributed by atoms with Crippen molar-refractivity contribution in [2.75, 3.05) is 49.1 Å². The third-order valence-corrected chi connectivity index (χ3v) is 5.08. The van der Waals surface area contributed by atoms with E-state index in [0.29, 0.717) is 0 Å². The molecule has 4 heterocycles. The van der Waals surface area contributed by atoms with Gasteiger partial charge in [-0.05, 0) is 19.8 Å². The summed E-state index contributed by atoms with van der Waals surface area (Å²) in [7, 11) is 1.94. The summed E-state index contributed by atoms with van der Waals surface area (Å²) in [5.74, 6) is 2.97. The number of hydrogen-bond acceptors (Lipinski definition) is 7. The molecule has 134 valence electrons. The zero-order chi connectivity index (χ0) is 17.2. The fourth-order valence-corrected chi connectivity index (χ4v) is 3.56. The van der Waals surface area contributed by atoms with E-state index in [9.17, 15) is 0 Å². The van der Waals surface area contributed by atoms with Gasteiger partial charge in [-0.25, -0.2) is 9.97 Å². The molecule has 2 aromatic rings. The summed E-state index contributed by atoms with van der Waals surface area (Å²) in [4.78, 5) is 21.0. The minimum Gasteiger partial charge on any atom is -0.356 e. The molecule has 0 aliphatic carbocycles. The predicted molar refractivity (Wildman–Crippen MR) is 96.7 cm³/mol. The Hall–Kier alpha value is -2.22. The molecule has 2 aliphatic rings. The molecule has 2 fully saturated rings. The Morgan fingerprint density at radius 3 is 2.40 bits per heavy atom. The van der Waals surface area contributed by atoms with Gasteiger partial charge in [0.2, 0.25) is 5.95 Å². The summed E-state index contributed by atoms with van der Waals surface area (Å²) in [5.41, 5.74) is 1.05. The molecule has 4 rings (SSSR count). The van der Waals surface area contributed by atoms with Crippen molar-refractivity contribution in [1.82, 2.24) is 29.6 Å². The molecule has 8 nitrogen and oxygen atoms in total. The molecule has 0 amide bonds. The minimum atomic E-state index is 0.845. The first-order valence-corrected chi connectivity index (χ1v) is 9.10. The topological polar surface area (TPSA) is 66.2 Å². The summed E-state index contributed by atoms with van der Waals surface area (Å²) in [6, 6.07) is 2.11. The lowest BCUT2D eigenvalue weighted by atomic mass is 10.3. The molecule has 0 radical (unpaired) electrons. The quantitative estimate of drug-likeness (QED) is 0.815. The zero-order valence-corrected chi connectivity index (χ0v) is 15.1. The van der Waals surface area contributed by atoms with Crippen LogP contribution in [0.3, 0.4) is 0 Å². The van der Waals surface area contributed by atoms with Crippen LogP contribution >= 0.6 is 0 Å². The molecule has 2 aliphatic heterocycles. The Labute approximate surface area is 148 Å². The fourth-order valence-electron chi connectivity index (χ4n) is 3.56. The summed E-state index contributed by atoms with van der Waals surface area (Å²) in [6.07, 6.45) is 4.14. The van der Waals surface area contributed by atoms with Gasteiger partial charge in [-0.1, -0.05) is 0 Å². The Balaban J connectivity index is 1.41. The molecular formula is C17H26N8. The molecule has 0 saturated carbocycles. The Morgan fingerprint density at radius 2 is 1.72 bits per heavy atom. The van der Waals surface area contributed by atoms with Gasteiger partial charge in [0.25, 0.3) is 0 Å². The third-order valence-electron chi connectivity index (χ3n) is 5.08. The normalized spacial score (nSPS) is 19.0. The van der Waals surface area contributed by atoms with Crippen LogP contribution in [0.2, 0.25) is 0 Å². The maximum Gasteiger partial charge on any atom is 0.227 e. The maximum atomic E-state index is 4.85. The van der Waals surface area contributed by atoms with Gasteiger partial charge in [0.05, 0.1) is 6.54 Å². The van der Waals surface area contributed by atoms with Crippen molar-refractivity contribution in [3.63, 3.8) is 0 Å². The predicted octanol–water partition coefficient (Wildman–Crippen LogP) is 0.836. The van der Waals surface area contributed by atoms with Crippen molar-refractivity contribution in [3.05, 3.63) is 23.9 Å². The van der Waals surface area contributed by atoms with Crippen molar-refractivity contribution in [2.24, 2.45) is 7.05 Å². The van der Waals surface area contributed by atoms with Gasteiger partial charge >= 0.3 is 0 Å². The lowest BCUT2D eigenvalue weighted by Crippen LogP contribution is -2.47. The first-order valence-electron chi connectivity index (χ1n) is 9.10. The molecule has 2 saturated heterocycles. The van der Waals surface area contributed by atoms with Crippen molar-refractivity contribution in [3.8, 4) is 0 Å². The highest BCUT2D eigenvalue weighted by Gasteiger charge is 2.22. The number of anilines is 2. The Kier molecular flexibility index (Phi) is 4.52. The highest BCUT2D eigenvalue weighted by Crippen LogP contribution is 2.22. The van der Waals surface area contributed by atoms with Crippen LogP contribution in [-0.2, 0) is 13.6 Å². The highest BCUT2D eigenvalue weighted by molar-refractivity contribution is 5.46. The number of piperazine rings is 1. The fraction of sp³-hybridized carbons (Fsp3) is 0.647. The van der Waals surface area contributed by atoms with E-state index >= 15 is 0 Å². The molecule has 0 spiro atoms. The molecule has 2 aromatic heterocycles. The van der Waals surface area contributed by atoms with Gasteiger partial charge in [0.1, 0.15) is 18.0 Å². The van der Waals surface area contributed by atoms with E-state index in [0.717, 1.165) is 69.1 Å². The summed E-state index contributed by atoms with van der Waals surface area (Å²) in [6.45, 7) is 9.00. The second-order valence-corrected chi connectivity index (χ2v) is 6.92. The number of aromatic nitrogens is 5. The highest BCUT2D eigenvalue weighted by atomic mass is 15.4. The number of rotatable bonds is 4. The van der Waals surface area contributed by atoms with Crippen LogP contribution in [-0.4, -0.2) is 68.9 Å². The smallest absolute Gasteiger partial charge is 0.227 e. The van der Waals surface area contributed by atoms with Gasteiger partial charge in [-0.3, -0.25) is 9.58 Å². The van der Waals surface area contributed by atoms with Crippen LogP contribution in [0.5, 0.6) is 0 Å². The number of aryl methyl sites for hydroxylation is 2. The monoisotopic (exact) mass is 342 g/mol. The third kappa shape index (κ3) is 3.58. The summed E-state index contributed by atoms with van der Waals surface area (Å²) < 4.78 is 1.85. The van der Waals surface area contributed by atoms with Crippen LogP contribution in [0.1, 0.15) is 24.4 Å². The van der Waals surface area contributed by atoms with Crippen molar-refractivity contribution in [2.45, 2.75) is 26.3 Å². The summed E-state index contributed by atoms with van der Waals surface area (Å²) >= 11 is 0. The molecule has 0 bridgehead atoms. The van der Waals surface area contributed by atoms with Gasteiger partial charge in [0.15, 0.2) is 0 Å². The van der Waals surface area contributed by atoms with Crippen molar-refractivity contribution < 1.29 is 0 Å². The van der Waals surface area contributed by atoms with Crippen LogP contribution in [0.15, 0.2) is 12.4 Å². The van der Waals surface area contributed by atoms with Crippen LogP contribution in [0, 0.1) is 6.92 Å². The van der Waals surface area contributed by atoms with E-state index in [4.69, 9.17) is 4.98 Å². The number of hydrogen-bond donors (Lipinski definition) is 0. The van der Waals surface area contributed by atoms with Crippen LogP contribution in [0.25, 0.3) is 0 Å².